The molecule has 0 aliphatic rings. The van der Waals surface area contributed by atoms with Crippen molar-refractivity contribution in [1.29, 1.82) is 0 Å². The quantitative estimate of drug-likeness (QED) is 0.543. The Kier molecular flexibility index (Phi) is 2.84. The minimum atomic E-state index is 0.733. The van der Waals surface area contributed by atoms with Crippen LogP contribution in [-0.2, 0) is 4.79 Å². The average Bonchev–Trinajstić information content (AvgIpc) is 2.33. The van der Waals surface area contributed by atoms with Gasteiger partial charge in [0, 0.05) is 24.3 Å². The van der Waals surface area contributed by atoms with Crippen LogP contribution in [0.1, 0.15) is 11.1 Å². The molecule has 2 rings (SSSR count). The SMILES string of the molecule is O=C[C+](c1ccccc1)c1ccccc1. The molecule has 2 aromatic carbocycles. The Morgan fingerprint density at radius 2 is 1.13 bits per heavy atom. The molecule has 1 nitrogen and oxygen atoms in total. The standard InChI is InChI=1S/C14H11O/c15-11-14(12-7-3-1-4-8-12)13-9-5-2-6-10-13/h1-11H/q+1. The Balaban J connectivity index is 2.38. The Hall–Kier alpha value is -2.02. The van der Waals surface area contributed by atoms with Crippen molar-refractivity contribution in [1.82, 2.24) is 0 Å². The van der Waals surface area contributed by atoms with E-state index in [1.165, 1.54) is 0 Å². The molecular weight excluding hydrogens is 184 g/mol. The van der Waals surface area contributed by atoms with E-state index in [1.54, 1.807) is 0 Å². The molecule has 15 heavy (non-hydrogen) atoms. The molecule has 0 aliphatic heterocycles. The second-order valence-electron chi connectivity index (χ2n) is 3.26. The number of aldehydes is 1. The van der Waals surface area contributed by atoms with E-state index in [4.69, 9.17) is 0 Å². The molecule has 72 valence electrons. The summed E-state index contributed by atoms with van der Waals surface area (Å²) in [6.07, 6.45) is 0.907. The van der Waals surface area contributed by atoms with Crippen LogP contribution in [0, 0.1) is 5.92 Å². The summed E-state index contributed by atoms with van der Waals surface area (Å²) >= 11 is 0. The van der Waals surface area contributed by atoms with Crippen LogP contribution < -0.4 is 0 Å². The van der Waals surface area contributed by atoms with Gasteiger partial charge < -0.3 is 0 Å². The van der Waals surface area contributed by atoms with Crippen LogP contribution in [-0.4, -0.2) is 6.29 Å². The normalized spacial score (nSPS) is 9.60. The van der Waals surface area contributed by atoms with Crippen molar-refractivity contribution >= 4 is 6.29 Å². The lowest BCUT2D eigenvalue weighted by atomic mass is 9.93. The fourth-order valence-electron chi connectivity index (χ4n) is 1.54. The molecule has 0 saturated carbocycles. The summed E-state index contributed by atoms with van der Waals surface area (Å²) in [6, 6.07) is 19.4. The topological polar surface area (TPSA) is 17.1 Å². The van der Waals surface area contributed by atoms with E-state index < -0.39 is 0 Å². The van der Waals surface area contributed by atoms with E-state index in [2.05, 4.69) is 0 Å². The van der Waals surface area contributed by atoms with Crippen LogP contribution in [0.15, 0.2) is 60.7 Å². The van der Waals surface area contributed by atoms with Gasteiger partial charge in [0.15, 0.2) is 6.29 Å². The molecule has 0 heterocycles. The number of hydrogen-bond donors (Lipinski definition) is 0. The summed E-state index contributed by atoms with van der Waals surface area (Å²) in [4.78, 5) is 11.1. The maximum Gasteiger partial charge on any atom is 0.185 e. The van der Waals surface area contributed by atoms with Crippen LogP contribution in [0.3, 0.4) is 0 Å². The van der Waals surface area contributed by atoms with Gasteiger partial charge in [-0.3, -0.25) is 4.79 Å². The van der Waals surface area contributed by atoms with Crippen molar-refractivity contribution in [3.05, 3.63) is 77.7 Å². The number of benzene rings is 2. The van der Waals surface area contributed by atoms with Gasteiger partial charge in [0.2, 0.25) is 0 Å². The number of hydrogen-bond acceptors (Lipinski definition) is 1. The Labute approximate surface area is 89.4 Å². The molecule has 0 bridgehead atoms. The lowest BCUT2D eigenvalue weighted by molar-refractivity contribution is -0.105. The van der Waals surface area contributed by atoms with Crippen molar-refractivity contribution < 1.29 is 4.79 Å². The fourth-order valence-corrected chi connectivity index (χ4v) is 1.54. The predicted octanol–water partition coefficient (Wildman–Crippen LogP) is 2.86. The van der Waals surface area contributed by atoms with Gasteiger partial charge in [-0.2, -0.15) is 0 Å². The van der Waals surface area contributed by atoms with E-state index in [0.717, 1.165) is 23.3 Å². The third kappa shape index (κ3) is 2.08. The lowest BCUT2D eigenvalue weighted by Gasteiger charge is -2.03. The third-order valence-electron chi connectivity index (χ3n) is 2.29. The first-order chi connectivity index (χ1) is 7.42. The van der Waals surface area contributed by atoms with Gasteiger partial charge >= 0.3 is 0 Å². The van der Waals surface area contributed by atoms with Gasteiger partial charge in [-0.05, 0) is 36.4 Å². The van der Waals surface area contributed by atoms with Crippen molar-refractivity contribution in [2.24, 2.45) is 0 Å². The van der Waals surface area contributed by atoms with E-state index in [9.17, 15) is 4.79 Å². The lowest BCUT2D eigenvalue weighted by Crippen LogP contribution is -2.02. The van der Waals surface area contributed by atoms with Crippen molar-refractivity contribution in [3.63, 3.8) is 0 Å². The maximum absolute atomic E-state index is 11.1. The van der Waals surface area contributed by atoms with Crippen molar-refractivity contribution in [3.8, 4) is 0 Å². The van der Waals surface area contributed by atoms with Crippen LogP contribution in [0.25, 0.3) is 0 Å². The van der Waals surface area contributed by atoms with Gasteiger partial charge in [0.1, 0.15) is 5.92 Å². The van der Waals surface area contributed by atoms with Gasteiger partial charge in [-0.1, -0.05) is 0 Å². The summed E-state index contributed by atoms with van der Waals surface area (Å²) in [5, 5.41) is 0. The first kappa shape index (κ1) is 9.53. The number of carbonyl (C=O) groups is 1. The molecule has 2 aromatic rings. The Bertz CT molecular complexity index is 380. The highest BCUT2D eigenvalue weighted by Crippen LogP contribution is 2.20. The largest absolute Gasteiger partial charge is 0.288 e. The van der Waals surface area contributed by atoms with E-state index in [0.29, 0.717) is 0 Å². The van der Waals surface area contributed by atoms with Gasteiger partial charge in [-0.15, -0.1) is 0 Å². The van der Waals surface area contributed by atoms with Crippen LogP contribution in [0.4, 0.5) is 0 Å². The molecule has 0 radical (unpaired) electrons. The third-order valence-corrected chi connectivity index (χ3v) is 2.29. The highest BCUT2D eigenvalue weighted by Gasteiger charge is 2.18. The molecule has 0 unspecified atom stereocenters. The van der Waals surface area contributed by atoms with E-state index in [-0.39, 0.29) is 0 Å². The first-order valence-electron chi connectivity index (χ1n) is 4.85. The van der Waals surface area contributed by atoms with Crippen molar-refractivity contribution in [2.75, 3.05) is 0 Å². The average molecular weight is 195 g/mol. The highest BCUT2D eigenvalue weighted by atomic mass is 16.1. The summed E-state index contributed by atoms with van der Waals surface area (Å²) in [7, 11) is 0. The summed E-state index contributed by atoms with van der Waals surface area (Å²) in [6.45, 7) is 0. The summed E-state index contributed by atoms with van der Waals surface area (Å²) in [5.41, 5.74) is 1.91. The molecule has 0 fully saturated rings. The molecule has 0 saturated heterocycles. The number of carbonyl (C=O) groups excluding carboxylic acids is 1. The first-order valence-corrected chi connectivity index (χ1v) is 4.85. The Morgan fingerprint density at radius 1 is 0.733 bits per heavy atom. The van der Waals surface area contributed by atoms with E-state index >= 15 is 0 Å². The molecule has 0 aliphatic carbocycles. The minimum Gasteiger partial charge on any atom is -0.288 e. The van der Waals surface area contributed by atoms with Crippen LogP contribution in [0.5, 0.6) is 0 Å². The zero-order chi connectivity index (χ0) is 10.5. The maximum atomic E-state index is 11.1. The van der Waals surface area contributed by atoms with Crippen LogP contribution in [0.2, 0.25) is 0 Å². The molecule has 0 spiro atoms. The van der Waals surface area contributed by atoms with Gasteiger partial charge in [0.05, 0.1) is 11.1 Å². The predicted molar refractivity (Wildman–Crippen MR) is 60.4 cm³/mol. The summed E-state index contributed by atoms with van der Waals surface area (Å²) in [5.74, 6) is 0.733. The monoisotopic (exact) mass is 195 g/mol. The zero-order valence-corrected chi connectivity index (χ0v) is 8.26. The smallest absolute Gasteiger partial charge is 0.185 e. The molecular formula is C14H11O+. The molecule has 1 heteroatoms. The van der Waals surface area contributed by atoms with Crippen LogP contribution >= 0.6 is 0 Å². The molecule has 0 amide bonds. The molecule has 0 N–H and O–H groups in total. The van der Waals surface area contributed by atoms with E-state index in [1.807, 2.05) is 60.7 Å². The fraction of sp³-hybridized carbons (Fsp3) is 0. The Morgan fingerprint density at radius 3 is 1.47 bits per heavy atom. The summed E-state index contributed by atoms with van der Waals surface area (Å²) < 4.78 is 0. The van der Waals surface area contributed by atoms with Gasteiger partial charge in [0.25, 0.3) is 0 Å². The highest BCUT2D eigenvalue weighted by molar-refractivity contribution is 5.82. The number of rotatable bonds is 3. The zero-order valence-electron chi connectivity index (χ0n) is 8.26. The van der Waals surface area contributed by atoms with Gasteiger partial charge in [-0.25, -0.2) is 0 Å². The second kappa shape index (κ2) is 4.47. The second-order valence-corrected chi connectivity index (χ2v) is 3.26. The molecule has 0 aromatic heterocycles. The minimum absolute atomic E-state index is 0.733. The molecule has 0 atom stereocenters. The van der Waals surface area contributed by atoms with Crippen molar-refractivity contribution in [2.45, 2.75) is 0 Å².